The first kappa shape index (κ1) is 15.1. The minimum Gasteiger partial charge on any atom is -0.438 e. The Kier molecular flexibility index (Phi) is 4.49. The van der Waals surface area contributed by atoms with Gasteiger partial charge in [0.05, 0.1) is 16.0 Å². The number of aliphatic hydroxyl groups is 1. The average molecular weight is 334 g/mol. The van der Waals surface area contributed by atoms with Crippen LogP contribution in [0.3, 0.4) is 0 Å². The molecule has 0 aliphatic carbocycles. The van der Waals surface area contributed by atoms with Crippen molar-refractivity contribution in [1.29, 1.82) is 0 Å². The molecule has 0 saturated heterocycles. The quantitative estimate of drug-likeness (QED) is 0.643. The number of hydrogen-bond donors (Lipinski definition) is 1. The highest BCUT2D eigenvalue weighted by molar-refractivity contribution is 7.14. The summed E-state index contributed by atoms with van der Waals surface area (Å²) < 4.78 is 5.46. The van der Waals surface area contributed by atoms with E-state index in [-0.39, 0.29) is 21.5 Å². The lowest BCUT2D eigenvalue weighted by Gasteiger charge is -2.05. The molecule has 5 nitrogen and oxygen atoms in total. The molecule has 0 saturated carbocycles. The Hall–Kier alpha value is -1.34. The van der Waals surface area contributed by atoms with Gasteiger partial charge in [-0.2, -0.15) is 0 Å². The number of halogens is 2. The van der Waals surface area contributed by atoms with Crippen molar-refractivity contribution in [2.24, 2.45) is 0 Å². The van der Waals surface area contributed by atoms with E-state index >= 15 is 0 Å². The highest BCUT2D eigenvalue weighted by Crippen LogP contribution is 2.43. The van der Waals surface area contributed by atoms with Crippen molar-refractivity contribution >= 4 is 40.2 Å². The molecule has 8 heteroatoms. The minimum absolute atomic E-state index is 0.0649. The van der Waals surface area contributed by atoms with Crippen molar-refractivity contribution < 1.29 is 14.8 Å². The van der Waals surface area contributed by atoms with E-state index < -0.39 is 11.0 Å². The monoisotopic (exact) mass is 333 g/mol. The second kappa shape index (κ2) is 5.97. The van der Waals surface area contributed by atoms with Crippen molar-refractivity contribution in [2.75, 3.05) is 0 Å². The highest BCUT2D eigenvalue weighted by atomic mass is 35.5. The number of benzene rings is 1. The molecule has 0 fully saturated rings. The number of rotatable bonds is 4. The van der Waals surface area contributed by atoms with Crippen LogP contribution >= 0.6 is 34.5 Å². The molecule has 1 heterocycles. The summed E-state index contributed by atoms with van der Waals surface area (Å²) in [5, 5.41) is 21.2. The lowest BCUT2D eigenvalue weighted by Crippen LogP contribution is -1.90. The largest absolute Gasteiger partial charge is 0.438 e. The minimum atomic E-state index is -0.809. The Morgan fingerprint density at radius 1 is 1.40 bits per heavy atom. The number of thiophene rings is 1. The molecule has 2 rings (SSSR count). The number of nitro groups is 1. The van der Waals surface area contributed by atoms with Gasteiger partial charge in [-0.25, -0.2) is 0 Å². The predicted octanol–water partition coefficient (Wildman–Crippen LogP) is 4.81. The van der Waals surface area contributed by atoms with Gasteiger partial charge in [0.1, 0.15) is 5.75 Å². The van der Waals surface area contributed by atoms with Crippen LogP contribution in [0.15, 0.2) is 24.3 Å². The number of hydrogen-bond acceptors (Lipinski definition) is 5. The lowest BCUT2D eigenvalue weighted by molar-refractivity contribution is -0.385. The maximum absolute atomic E-state index is 11.0. The van der Waals surface area contributed by atoms with Crippen LogP contribution < -0.4 is 4.74 Å². The maximum Gasteiger partial charge on any atom is 0.323 e. The van der Waals surface area contributed by atoms with Crippen molar-refractivity contribution in [3.8, 4) is 10.8 Å². The summed E-state index contributed by atoms with van der Waals surface area (Å²) in [4.78, 5) is 10.9. The Bertz CT molecular complexity index is 657. The molecule has 1 atom stereocenters. The average Bonchev–Trinajstić information content (AvgIpc) is 2.77. The van der Waals surface area contributed by atoms with Crippen LogP contribution in [0.4, 0.5) is 5.69 Å². The van der Waals surface area contributed by atoms with Gasteiger partial charge in [-0.15, -0.1) is 0 Å². The normalized spacial score (nSPS) is 12.2. The van der Waals surface area contributed by atoms with Gasteiger partial charge in [-0.3, -0.25) is 10.1 Å². The summed E-state index contributed by atoms with van der Waals surface area (Å²) in [7, 11) is 0. The standard InChI is InChI=1S/C12H9Cl2NO4S/c1-6(16)11-5-9(15(17)18)12(20-11)19-10-3-2-7(13)4-8(10)14/h2-6,16H,1H3/t6-/m0/s1. The van der Waals surface area contributed by atoms with Crippen LogP contribution in [-0.2, 0) is 0 Å². The van der Waals surface area contributed by atoms with Gasteiger partial charge in [0.2, 0.25) is 0 Å². The maximum atomic E-state index is 11.0. The molecule has 0 bridgehead atoms. The Balaban J connectivity index is 2.39. The molecule has 0 unspecified atom stereocenters. The van der Waals surface area contributed by atoms with E-state index in [9.17, 15) is 15.2 Å². The summed E-state index contributed by atoms with van der Waals surface area (Å²) in [6.07, 6.45) is -0.809. The molecule has 0 amide bonds. The Morgan fingerprint density at radius 3 is 2.65 bits per heavy atom. The van der Waals surface area contributed by atoms with Gasteiger partial charge < -0.3 is 9.84 Å². The smallest absolute Gasteiger partial charge is 0.323 e. The van der Waals surface area contributed by atoms with Crippen LogP contribution in [0, 0.1) is 10.1 Å². The first-order valence-electron chi connectivity index (χ1n) is 5.47. The summed E-state index contributed by atoms with van der Waals surface area (Å²) in [5.41, 5.74) is -0.211. The van der Waals surface area contributed by atoms with E-state index in [1.54, 1.807) is 6.07 Å². The van der Waals surface area contributed by atoms with Gasteiger partial charge in [-0.1, -0.05) is 34.5 Å². The zero-order valence-electron chi connectivity index (χ0n) is 10.2. The topological polar surface area (TPSA) is 72.6 Å². The van der Waals surface area contributed by atoms with E-state index in [4.69, 9.17) is 27.9 Å². The number of ether oxygens (including phenoxy) is 1. The van der Waals surface area contributed by atoms with E-state index in [1.165, 1.54) is 25.1 Å². The zero-order valence-corrected chi connectivity index (χ0v) is 12.5. The van der Waals surface area contributed by atoms with Crippen LogP contribution in [0.25, 0.3) is 0 Å². The van der Waals surface area contributed by atoms with Crippen LogP contribution in [0.1, 0.15) is 17.9 Å². The molecule has 0 radical (unpaired) electrons. The van der Waals surface area contributed by atoms with E-state index in [0.29, 0.717) is 9.90 Å². The van der Waals surface area contributed by atoms with Gasteiger partial charge in [0, 0.05) is 16.0 Å². The van der Waals surface area contributed by atoms with Crippen molar-refractivity contribution in [3.05, 3.63) is 49.3 Å². The molecule has 1 aromatic heterocycles. The second-order valence-corrected chi connectivity index (χ2v) is 5.82. The second-order valence-electron chi connectivity index (χ2n) is 3.93. The van der Waals surface area contributed by atoms with Gasteiger partial charge in [0.25, 0.3) is 5.06 Å². The molecule has 1 aromatic carbocycles. The van der Waals surface area contributed by atoms with Crippen molar-refractivity contribution in [1.82, 2.24) is 0 Å². The van der Waals surface area contributed by atoms with E-state index in [1.807, 2.05) is 0 Å². The van der Waals surface area contributed by atoms with Crippen LogP contribution in [0.5, 0.6) is 10.8 Å². The van der Waals surface area contributed by atoms with Crippen molar-refractivity contribution in [3.63, 3.8) is 0 Å². The fourth-order valence-corrected chi connectivity index (χ4v) is 2.82. The molecule has 0 aliphatic rings. The number of nitrogens with zero attached hydrogens (tertiary/aromatic N) is 1. The van der Waals surface area contributed by atoms with Crippen LogP contribution in [0.2, 0.25) is 10.0 Å². The predicted molar refractivity (Wildman–Crippen MR) is 78.1 cm³/mol. The van der Waals surface area contributed by atoms with Gasteiger partial charge in [0.15, 0.2) is 0 Å². The van der Waals surface area contributed by atoms with E-state index in [0.717, 1.165) is 11.3 Å². The molecule has 2 aromatic rings. The summed E-state index contributed by atoms with van der Waals surface area (Å²) >= 11 is 12.7. The third-order valence-electron chi connectivity index (χ3n) is 2.40. The fraction of sp³-hybridized carbons (Fsp3) is 0.167. The van der Waals surface area contributed by atoms with Crippen molar-refractivity contribution in [2.45, 2.75) is 13.0 Å². The van der Waals surface area contributed by atoms with E-state index in [2.05, 4.69) is 0 Å². The molecular weight excluding hydrogens is 325 g/mol. The molecule has 1 N–H and O–H groups in total. The molecule has 20 heavy (non-hydrogen) atoms. The third-order valence-corrected chi connectivity index (χ3v) is 4.11. The fourth-order valence-electron chi connectivity index (χ4n) is 1.45. The van der Waals surface area contributed by atoms with Gasteiger partial charge in [-0.05, 0) is 25.1 Å². The molecule has 0 spiro atoms. The van der Waals surface area contributed by atoms with Crippen LogP contribution in [-0.4, -0.2) is 10.0 Å². The van der Waals surface area contributed by atoms with Gasteiger partial charge >= 0.3 is 5.69 Å². The number of aliphatic hydroxyl groups excluding tert-OH is 1. The summed E-state index contributed by atoms with van der Waals surface area (Å²) in [6, 6.07) is 5.86. The Morgan fingerprint density at radius 2 is 2.10 bits per heavy atom. The highest BCUT2D eigenvalue weighted by Gasteiger charge is 2.23. The summed E-state index contributed by atoms with van der Waals surface area (Å²) in [6.45, 7) is 1.52. The Labute approximate surface area is 128 Å². The summed E-state index contributed by atoms with van der Waals surface area (Å²) in [5.74, 6) is 0.262. The molecule has 106 valence electrons. The molecular formula is C12H9Cl2NO4S. The lowest BCUT2D eigenvalue weighted by atomic mass is 10.3. The molecule has 0 aliphatic heterocycles. The first-order valence-corrected chi connectivity index (χ1v) is 7.05. The zero-order chi connectivity index (χ0) is 14.9. The first-order chi connectivity index (χ1) is 9.38. The third kappa shape index (κ3) is 3.21. The SMILES string of the molecule is C[C@H](O)c1cc([N+](=O)[O-])c(Oc2ccc(Cl)cc2Cl)s1.